The van der Waals surface area contributed by atoms with Gasteiger partial charge in [-0.2, -0.15) is 10.5 Å². The Labute approximate surface area is 197 Å². The maximum atomic E-state index is 9.47. The zero-order valence-electron chi connectivity index (χ0n) is 20.9. The van der Waals surface area contributed by atoms with Gasteiger partial charge in [-0.05, 0) is 58.6 Å². The Bertz CT molecular complexity index is 1190. The lowest BCUT2D eigenvalue weighted by Crippen LogP contribution is -2.44. The summed E-state index contributed by atoms with van der Waals surface area (Å²) in [5.41, 5.74) is 6.86. The van der Waals surface area contributed by atoms with E-state index in [9.17, 15) is 10.5 Å². The summed E-state index contributed by atoms with van der Waals surface area (Å²) in [6, 6.07) is 8.68. The van der Waals surface area contributed by atoms with Crippen molar-refractivity contribution in [3.05, 3.63) is 51.6 Å². The van der Waals surface area contributed by atoms with Gasteiger partial charge in [0.15, 0.2) is 11.4 Å². The van der Waals surface area contributed by atoms with Crippen LogP contribution in [0.15, 0.2) is 12.1 Å². The number of rotatable bonds is 2. The second kappa shape index (κ2) is 7.70. The highest BCUT2D eigenvalue weighted by atomic mass is 15.2. The molecule has 2 aliphatic rings. The van der Waals surface area contributed by atoms with Gasteiger partial charge in [0.2, 0.25) is 0 Å². The molecule has 0 saturated carbocycles. The van der Waals surface area contributed by atoms with Crippen LogP contribution in [0.25, 0.3) is 12.2 Å². The first kappa shape index (κ1) is 23.0. The van der Waals surface area contributed by atoms with Crippen molar-refractivity contribution in [2.75, 3.05) is 18.0 Å². The molecule has 4 rings (SSSR count). The lowest BCUT2D eigenvalue weighted by Gasteiger charge is -2.48. The summed E-state index contributed by atoms with van der Waals surface area (Å²) in [4.78, 5) is 11.6. The average Bonchev–Trinajstić information content (AvgIpc) is 2.75. The molecule has 0 atom stereocenters. The van der Waals surface area contributed by atoms with Crippen LogP contribution in [0.5, 0.6) is 0 Å². The number of aromatic nitrogens is 2. The minimum absolute atomic E-state index is 0.0728. The van der Waals surface area contributed by atoms with Crippen molar-refractivity contribution in [2.45, 2.75) is 77.6 Å². The number of anilines is 1. The summed E-state index contributed by atoms with van der Waals surface area (Å²) >= 11 is 0. The molecule has 0 aliphatic carbocycles. The summed E-state index contributed by atoms with van der Waals surface area (Å²) in [7, 11) is 0. The maximum absolute atomic E-state index is 9.47. The van der Waals surface area contributed by atoms with Crippen LogP contribution in [0.1, 0.15) is 101 Å². The molecule has 33 heavy (non-hydrogen) atoms. The molecule has 3 heterocycles. The van der Waals surface area contributed by atoms with Crippen LogP contribution in [0.3, 0.4) is 0 Å². The van der Waals surface area contributed by atoms with Gasteiger partial charge in [-0.1, -0.05) is 54.5 Å². The minimum atomic E-state index is -0.307. The highest BCUT2D eigenvalue weighted by Gasteiger charge is 2.39. The van der Waals surface area contributed by atoms with Crippen molar-refractivity contribution in [3.8, 4) is 12.1 Å². The molecule has 2 aromatic rings. The smallest absolute Gasteiger partial charge is 0.177 e. The van der Waals surface area contributed by atoms with Gasteiger partial charge in [0.05, 0.1) is 11.4 Å². The summed E-state index contributed by atoms with van der Waals surface area (Å²) in [5.74, 6) is 0. The summed E-state index contributed by atoms with van der Waals surface area (Å²) in [6.45, 7) is 17.8. The Hall–Kier alpha value is -3.18. The third kappa shape index (κ3) is 4.02. The Balaban J connectivity index is 1.87. The molecule has 1 aromatic heterocycles. The van der Waals surface area contributed by atoms with E-state index in [0.717, 1.165) is 37.2 Å². The van der Waals surface area contributed by atoms with Gasteiger partial charge in [0.25, 0.3) is 0 Å². The number of nitriles is 2. The van der Waals surface area contributed by atoms with Crippen molar-refractivity contribution in [2.24, 2.45) is 0 Å². The first-order valence-corrected chi connectivity index (χ1v) is 11.7. The van der Waals surface area contributed by atoms with E-state index in [0.29, 0.717) is 5.69 Å². The first-order chi connectivity index (χ1) is 15.4. The van der Waals surface area contributed by atoms with Crippen LogP contribution in [0.2, 0.25) is 0 Å². The molecule has 0 amide bonds. The average molecular weight is 440 g/mol. The predicted molar refractivity (Wildman–Crippen MR) is 133 cm³/mol. The number of nitrogens with zero attached hydrogens (tertiary/aromatic N) is 5. The van der Waals surface area contributed by atoms with Gasteiger partial charge < -0.3 is 4.90 Å². The minimum Gasteiger partial charge on any atom is -0.371 e. The Morgan fingerprint density at radius 2 is 1.39 bits per heavy atom. The highest BCUT2D eigenvalue weighted by molar-refractivity contribution is 5.76. The van der Waals surface area contributed by atoms with Crippen molar-refractivity contribution >= 4 is 17.8 Å². The fraction of sp³-hybridized carbons (Fsp3) is 0.500. The number of hydrogen-bond donors (Lipinski definition) is 0. The molecule has 1 aromatic carbocycles. The molecule has 5 heteroatoms. The van der Waals surface area contributed by atoms with E-state index in [2.05, 4.69) is 60.8 Å². The van der Waals surface area contributed by atoms with Crippen molar-refractivity contribution < 1.29 is 0 Å². The molecule has 0 unspecified atom stereocenters. The van der Waals surface area contributed by atoms with Crippen LogP contribution < -0.4 is 4.90 Å². The van der Waals surface area contributed by atoms with E-state index in [1.54, 1.807) is 0 Å². The standard InChI is InChI=1S/C28H33N5/c1-26(2,3)25-21(31-22(16-29)23(17-30)32-25)9-8-18-14-19-24-20(15-18)28(6,7)11-13-33(24)12-10-27(19,4)5/h8-9,14-15H,10-13H2,1-7H3/b9-8+. The largest absolute Gasteiger partial charge is 0.371 e. The topological polar surface area (TPSA) is 76.6 Å². The number of benzene rings is 1. The lowest BCUT2D eigenvalue weighted by atomic mass is 9.69. The molecule has 5 nitrogen and oxygen atoms in total. The Morgan fingerprint density at radius 1 is 0.879 bits per heavy atom. The third-order valence-electron chi connectivity index (χ3n) is 7.20. The van der Waals surface area contributed by atoms with E-state index in [1.807, 2.05) is 39.0 Å². The lowest BCUT2D eigenvalue weighted by molar-refractivity contribution is 0.401. The fourth-order valence-corrected chi connectivity index (χ4v) is 5.01. The second-order valence-corrected chi connectivity index (χ2v) is 11.7. The predicted octanol–water partition coefficient (Wildman–Crippen LogP) is 5.86. The molecule has 170 valence electrons. The normalized spacial score (nSPS) is 18.5. The Kier molecular flexibility index (Phi) is 5.37. The molecule has 2 aliphatic heterocycles. The fourth-order valence-electron chi connectivity index (χ4n) is 5.01. The first-order valence-electron chi connectivity index (χ1n) is 11.7. The van der Waals surface area contributed by atoms with Gasteiger partial charge in [-0.25, -0.2) is 9.97 Å². The monoisotopic (exact) mass is 439 g/mol. The van der Waals surface area contributed by atoms with Crippen molar-refractivity contribution in [1.29, 1.82) is 10.5 Å². The van der Waals surface area contributed by atoms with E-state index >= 15 is 0 Å². The van der Waals surface area contributed by atoms with Crippen molar-refractivity contribution in [3.63, 3.8) is 0 Å². The maximum Gasteiger partial charge on any atom is 0.177 e. The zero-order chi connectivity index (χ0) is 24.2. The summed E-state index contributed by atoms with van der Waals surface area (Å²) in [6.07, 6.45) is 6.33. The molecular formula is C28H33N5. The van der Waals surface area contributed by atoms with Gasteiger partial charge in [-0.3, -0.25) is 0 Å². The quantitative estimate of drug-likeness (QED) is 0.586. The van der Waals surface area contributed by atoms with E-state index in [-0.39, 0.29) is 27.6 Å². The second-order valence-electron chi connectivity index (χ2n) is 11.7. The van der Waals surface area contributed by atoms with Crippen LogP contribution in [0.4, 0.5) is 5.69 Å². The van der Waals surface area contributed by atoms with E-state index < -0.39 is 0 Å². The molecule has 0 radical (unpaired) electrons. The van der Waals surface area contributed by atoms with Gasteiger partial charge in [-0.15, -0.1) is 0 Å². The number of hydrogen-bond acceptors (Lipinski definition) is 5. The molecule has 0 saturated heterocycles. The van der Waals surface area contributed by atoms with Gasteiger partial charge in [0, 0.05) is 24.2 Å². The van der Waals surface area contributed by atoms with Crippen LogP contribution >= 0.6 is 0 Å². The SMILES string of the molecule is CC(C)(C)c1nc(C#N)c(C#N)nc1/C=C/c1cc2c3c(c1)C(C)(C)CCN3CCC2(C)C. The van der Waals surface area contributed by atoms with Crippen LogP contribution in [0, 0.1) is 22.7 Å². The highest BCUT2D eigenvalue weighted by Crippen LogP contribution is 2.49. The summed E-state index contributed by atoms with van der Waals surface area (Å²) < 4.78 is 0. The van der Waals surface area contributed by atoms with Gasteiger partial charge in [0.1, 0.15) is 12.1 Å². The summed E-state index contributed by atoms with van der Waals surface area (Å²) in [5, 5.41) is 18.9. The van der Waals surface area contributed by atoms with E-state index in [1.165, 1.54) is 16.8 Å². The van der Waals surface area contributed by atoms with Gasteiger partial charge >= 0.3 is 0 Å². The van der Waals surface area contributed by atoms with E-state index in [4.69, 9.17) is 0 Å². The zero-order valence-corrected chi connectivity index (χ0v) is 20.9. The molecule has 0 spiro atoms. The molecular weight excluding hydrogens is 406 g/mol. The molecule has 0 fully saturated rings. The van der Waals surface area contributed by atoms with Crippen molar-refractivity contribution in [1.82, 2.24) is 9.97 Å². The van der Waals surface area contributed by atoms with Crippen LogP contribution in [-0.4, -0.2) is 23.1 Å². The third-order valence-corrected chi connectivity index (χ3v) is 7.20. The van der Waals surface area contributed by atoms with Crippen LogP contribution in [-0.2, 0) is 16.2 Å². The molecule has 0 N–H and O–H groups in total. The Morgan fingerprint density at radius 3 is 1.88 bits per heavy atom. The molecule has 0 bridgehead atoms.